The molecule has 50 heavy (non-hydrogen) atoms. The van der Waals surface area contributed by atoms with Gasteiger partial charge in [0.1, 0.15) is 11.4 Å². The predicted octanol–water partition coefficient (Wildman–Crippen LogP) is 14.2. The summed E-state index contributed by atoms with van der Waals surface area (Å²) in [6.07, 6.45) is 6.71. The normalized spacial score (nSPS) is 12.1. The second-order valence-electron chi connectivity index (χ2n) is 13.4. The molecule has 0 aliphatic carbocycles. The number of aliphatic imine (C=N–C) groups is 1. The number of nitrogens with zero attached hydrogens (tertiary/aromatic N) is 2. The summed E-state index contributed by atoms with van der Waals surface area (Å²) in [6.45, 7) is 33.8. The van der Waals surface area contributed by atoms with Gasteiger partial charge in [0.2, 0.25) is 12.0 Å². The van der Waals surface area contributed by atoms with Crippen molar-refractivity contribution in [3.8, 4) is 11.5 Å². The van der Waals surface area contributed by atoms with Gasteiger partial charge >= 0.3 is 0 Å². The molecule has 0 saturated heterocycles. The van der Waals surface area contributed by atoms with Gasteiger partial charge in [0.25, 0.3) is 5.69 Å². The van der Waals surface area contributed by atoms with Gasteiger partial charge in [-0.3, -0.25) is 0 Å². The third kappa shape index (κ3) is 12.3. The number of alkyl halides is 1. The fraction of sp³-hybridized carbons (Fsp3) is 0.467. The Hall–Kier alpha value is -3.63. The van der Waals surface area contributed by atoms with Crippen molar-refractivity contribution in [1.82, 2.24) is 0 Å². The lowest BCUT2D eigenvalue weighted by molar-refractivity contribution is -0.676. The highest BCUT2D eigenvalue weighted by molar-refractivity contribution is 6.15. The van der Waals surface area contributed by atoms with Crippen molar-refractivity contribution in [2.24, 2.45) is 4.99 Å². The van der Waals surface area contributed by atoms with Gasteiger partial charge in [0, 0.05) is 40.1 Å². The van der Waals surface area contributed by atoms with E-state index in [-0.39, 0.29) is 10.8 Å². The highest BCUT2D eigenvalue weighted by Gasteiger charge is 2.31. The molecule has 4 nitrogen and oxygen atoms in total. The predicted molar refractivity (Wildman–Crippen MR) is 225 cm³/mol. The second-order valence-corrected chi connectivity index (χ2v) is 13.4. The van der Waals surface area contributed by atoms with Gasteiger partial charge in [-0.15, -0.1) is 11.6 Å². The Morgan fingerprint density at radius 1 is 0.740 bits per heavy atom. The minimum absolute atomic E-state index is 0.0843. The maximum atomic E-state index is 6.92. The molecular weight excluding hydrogens is 636 g/mol. The summed E-state index contributed by atoms with van der Waals surface area (Å²) in [5.74, 6) is 1.67. The van der Waals surface area contributed by atoms with E-state index in [4.69, 9.17) is 14.6 Å². The standard InChI is InChI=1S/C35H39N2O2.C3H8.3C2H6.CH3Cl/c1-22-14-26-20-36-30-18-24-12-10-11-13-25(24)19-31(30)37(39-33(26)29(17-22)35(6,7)8)21-27-15-23(2)16-28(32(27)38-9)34(3,4)5;1-3-2;4*1-2/h10-21H,1-9H3;3H2,1-2H3;3*1-2H3;1H3/q+1;;;;;/b36-20?,37-21-;;;;;. The van der Waals surface area contributed by atoms with E-state index in [1.165, 1.54) is 23.9 Å². The molecule has 1 aliphatic rings. The number of rotatable bonds is 2. The molecular formula is C45H68ClN2O2+. The second kappa shape index (κ2) is 22.2. The van der Waals surface area contributed by atoms with Crippen LogP contribution in [0.4, 0.5) is 11.4 Å². The van der Waals surface area contributed by atoms with Crippen LogP contribution in [0.1, 0.15) is 137 Å². The van der Waals surface area contributed by atoms with Crippen LogP contribution < -0.4 is 9.57 Å². The number of fused-ring (bicyclic) bond motifs is 3. The molecule has 4 aromatic carbocycles. The van der Waals surface area contributed by atoms with Gasteiger partial charge < -0.3 is 4.74 Å². The Labute approximate surface area is 311 Å². The first-order valence-corrected chi connectivity index (χ1v) is 19.1. The average Bonchev–Trinajstić information content (AvgIpc) is 3.09. The first kappa shape index (κ1) is 46.4. The molecule has 0 spiro atoms. The fourth-order valence-electron chi connectivity index (χ4n) is 5.24. The third-order valence-corrected chi connectivity index (χ3v) is 7.21. The monoisotopic (exact) mass is 703 g/mol. The lowest BCUT2D eigenvalue weighted by Crippen LogP contribution is -2.21. The van der Waals surface area contributed by atoms with Crippen LogP contribution in [0.2, 0.25) is 0 Å². The van der Waals surface area contributed by atoms with Crippen LogP contribution >= 0.6 is 11.6 Å². The smallest absolute Gasteiger partial charge is 0.284 e. The van der Waals surface area contributed by atoms with Crippen LogP contribution in [-0.2, 0) is 10.8 Å². The summed E-state index contributed by atoms with van der Waals surface area (Å²) in [6, 6.07) is 21.4. The van der Waals surface area contributed by atoms with E-state index >= 15 is 0 Å². The van der Waals surface area contributed by atoms with Crippen molar-refractivity contribution in [2.45, 2.75) is 128 Å². The Morgan fingerprint density at radius 3 is 1.72 bits per heavy atom. The summed E-state index contributed by atoms with van der Waals surface area (Å²) in [5.41, 5.74) is 8.07. The molecule has 0 saturated carbocycles. The molecule has 0 radical (unpaired) electrons. The molecule has 0 atom stereocenters. The van der Waals surface area contributed by atoms with Crippen LogP contribution in [-0.4, -0.2) is 30.7 Å². The Kier molecular flexibility index (Phi) is 20.6. The van der Waals surface area contributed by atoms with E-state index in [0.29, 0.717) is 0 Å². The van der Waals surface area contributed by atoms with Crippen molar-refractivity contribution in [3.63, 3.8) is 0 Å². The molecule has 5 heteroatoms. The minimum atomic E-state index is -0.124. The van der Waals surface area contributed by atoms with Crippen LogP contribution in [0, 0.1) is 13.8 Å². The zero-order chi connectivity index (χ0) is 38.8. The number of benzene rings is 4. The largest absolute Gasteiger partial charge is 0.496 e. The zero-order valence-corrected chi connectivity index (χ0v) is 35.5. The number of aryl methyl sites for hydroxylation is 2. The number of methoxy groups -OCH3 is 1. The maximum Gasteiger partial charge on any atom is 0.284 e. The van der Waals surface area contributed by atoms with Crippen LogP contribution in [0.15, 0.2) is 65.7 Å². The molecule has 0 bridgehead atoms. The molecule has 1 heterocycles. The maximum absolute atomic E-state index is 6.92. The average molecular weight is 705 g/mol. The molecule has 1 aliphatic heterocycles. The van der Waals surface area contributed by atoms with E-state index in [0.717, 1.165) is 55.9 Å². The van der Waals surface area contributed by atoms with E-state index in [1.54, 1.807) is 7.11 Å². The first-order chi connectivity index (χ1) is 23.8. The molecule has 0 unspecified atom stereocenters. The van der Waals surface area contributed by atoms with Crippen LogP contribution in [0.5, 0.6) is 11.5 Å². The lowest BCUT2D eigenvalue weighted by atomic mass is 9.84. The number of hydrogen-bond acceptors (Lipinski definition) is 3. The Bertz CT molecular complexity index is 1670. The van der Waals surface area contributed by atoms with Crippen molar-refractivity contribution in [2.75, 3.05) is 13.5 Å². The van der Waals surface area contributed by atoms with Gasteiger partial charge in [-0.2, -0.15) is 0 Å². The number of ether oxygens (including phenoxy) is 1. The van der Waals surface area contributed by atoms with Crippen molar-refractivity contribution >= 4 is 46.2 Å². The van der Waals surface area contributed by atoms with E-state index in [9.17, 15) is 0 Å². The van der Waals surface area contributed by atoms with Crippen molar-refractivity contribution < 1.29 is 14.3 Å². The Morgan fingerprint density at radius 2 is 1.22 bits per heavy atom. The third-order valence-electron chi connectivity index (χ3n) is 7.21. The summed E-state index contributed by atoms with van der Waals surface area (Å²) in [7, 11) is 1.74. The molecule has 0 fully saturated rings. The van der Waals surface area contributed by atoms with Crippen LogP contribution in [0.3, 0.4) is 0 Å². The lowest BCUT2D eigenvalue weighted by Gasteiger charge is -2.24. The summed E-state index contributed by atoms with van der Waals surface area (Å²) >= 11 is 4.64. The van der Waals surface area contributed by atoms with Gasteiger partial charge in [-0.25, -0.2) is 9.83 Å². The topological polar surface area (TPSA) is 33.8 Å². The van der Waals surface area contributed by atoms with Gasteiger partial charge in [-0.1, -0.05) is 140 Å². The van der Waals surface area contributed by atoms with E-state index < -0.39 is 0 Å². The molecule has 4 aromatic rings. The van der Waals surface area contributed by atoms with Gasteiger partial charge in [0.15, 0.2) is 0 Å². The molecule has 0 N–H and O–H groups in total. The highest BCUT2D eigenvalue weighted by atomic mass is 35.5. The van der Waals surface area contributed by atoms with Gasteiger partial charge in [-0.05, 0) is 64.8 Å². The van der Waals surface area contributed by atoms with Crippen molar-refractivity contribution in [1.29, 1.82) is 0 Å². The Balaban J connectivity index is 0.00000198. The van der Waals surface area contributed by atoms with Gasteiger partial charge in [0.05, 0.1) is 12.7 Å². The molecule has 0 amide bonds. The number of hydrogen-bond donors (Lipinski definition) is 0. The van der Waals surface area contributed by atoms with E-state index in [2.05, 4.69) is 142 Å². The summed E-state index contributed by atoms with van der Waals surface area (Å²) < 4.78 is 7.91. The first-order valence-electron chi connectivity index (χ1n) is 18.4. The summed E-state index contributed by atoms with van der Waals surface area (Å²) in [5, 5.41) is 2.26. The molecule has 0 aromatic heterocycles. The highest BCUT2D eigenvalue weighted by Crippen LogP contribution is 2.41. The quantitative estimate of drug-likeness (QED) is 0.154. The van der Waals surface area contributed by atoms with Crippen molar-refractivity contribution in [3.05, 3.63) is 94.0 Å². The van der Waals surface area contributed by atoms with Crippen LogP contribution in [0.25, 0.3) is 10.8 Å². The molecule has 276 valence electrons. The number of halogens is 1. The fourth-order valence-corrected chi connectivity index (χ4v) is 5.24. The zero-order valence-electron chi connectivity index (χ0n) is 34.7. The minimum Gasteiger partial charge on any atom is -0.496 e. The summed E-state index contributed by atoms with van der Waals surface area (Å²) in [4.78, 5) is 11.9. The van der Waals surface area contributed by atoms with E-state index in [1.807, 2.05) is 58.7 Å². The molecule has 5 rings (SSSR count). The SMILES string of the molecule is CC.CC.CC.CCC.CCl.COc1c(/C=[N+]2\Oc3c(cc(C)cc3C(C)(C)C)C=Nc3cc4ccccc4cc32)cc(C)cc1C(C)(C)C.